The first-order valence-corrected chi connectivity index (χ1v) is 5.37. The van der Waals surface area contributed by atoms with Crippen molar-refractivity contribution in [2.75, 3.05) is 0 Å². The van der Waals surface area contributed by atoms with Crippen molar-refractivity contribution in [2.45, 2.75) is 32.0 Å². The molecule has 0 bridgehead atoms. The van der Waals surface area contributed by atoms with Gasteiger partial charge in [-0.15, -0.1) is 0 Å². The number of halogens is 1. The molecule has 1 aliphatic carbocycles. The quantitative estimate of drug-likeness (QED) is 0.760. The van der Waals surface area contributed by atoms with Gasteiger partial charge in [-0.25, -0.2) is 4.98 Å². The maximum absolute atomic E-state index is 5.64. The fourth-order valence-electron chi connectivity index (χ4n) is 1.27. The normalized spacial score (nSPS) is 17.0. The van der Waals surface area contributed by atoms with Crippen LogP contribution in [-0.4, -0.2) is 11.1 Å². The molecule has 0 unspecified atom stereocenters. The molecular formula is C10H12BrNO. The van der Waals surface area contributed by atoms with Crippen LogP contribution in [0.25, 0.3) is 0 Å². The molecule has 0 radical (unpaired) electrons. The fraction of sp³-hybridized carbons (Fsp3) is 0.500. The average molecular weight is 242 g/mol. The molecule has 1 fully saturated rings. The van der Waals surface area contributed by atoms with Crippen LogP contribution in [-0.2, 0) is 11.3 Å². The fourth-order valence-corrected chi connectivity index (χ4v) is 1.65. The smallest absolute Gasteiger partial charge is 0.106 e. The topological polar surface area (TPSA) is 22.1 Å². The molecule has 3 heteroatoms. The molecule has 13 heavy (non-hydrogen) atoms. The monoisotopic (exact) mass is 241 g/mol. The van der Waals surface area contributed by atoms with Gasteiger partial charge in [0.1, 0.15) is 4.60 Å². The Labute approximate surface area is 86.5 Å². The van der Waals surface area contributed by atoms with Crippen molar-refractivity contribution in [3.8, 4) is 0 Å². The summed E-state index contributed by atoms with van der Waals surface area (Å²) in [5.74, 6) is 0. The summed E-state index contributed by atoms with van der Waals surface area (Å²) >= 11 is 3.33. The second-order valence-corrected chi connectivity index (χ2v) is 4.13. The molecule has 0 amide bonds. The molecule has 0 aromatic carbocycles. The number of pyridine rings is 1. The lowest BCUT2D eigenvalue weighted by Gasteiger charge is -2.25. The first-order valence-electron chi connectivity index (χ1n) is 4.57. The summed E-state index contributed by atoms with van der Waals surface area (Å²) in [5, 5.41) is 0. The average Bonchev–Trinajstić information content (AvgIpc) is 2.01. The summed E-state index contributed by atoms with van der Waals surface area (Å²) in [5.41, 5.74) is 1.00. The predicted molar refractivity (Wildman–Crippen MR) is 54.4 cm³/mol. The lowest BCUT2D eigenvalue weighted by molar-refractivity contribution is -0.0101. The molecular weight excluding hydrogens is 230 g/mol. The van der Waals surface area contributed by atoms with E-state index in [-0.39, 0.29) is 0 Å². The lowest BCUT2D eigenvalue weighted by atomic mass is 9.96. The van der Waals surface area contributed by atoms with Crippen LogP contribution in [0.4, 0.5) is 0 Å². The first kappa shape index (κ1) is 9.16. The van der Waals surface area contributed by atoms with E-state index in [0.717, 1.165) is 10.3 Å². The van der Waals surface area contributed by atoms with Crippen LogP contribution in [0.15, 0.2) is 22.8 Å². The zero-order chi connectivity index (χ0) is 9.10. The third-order valence-electron chi connectivity index (χ3n) is 2.29. The molecule has 0 atom stereocenters. The number of rotatable bonds is 3. The van der Waals surface area contributed by atoms with Crippen molar-refractivity contribution in [2.24, 2.45) is 0 Å². The summed E-state index contributed by atoms with van der Waals surface area (Å²) in [4.78, 5) is 4.30. The SMILES string of the molecule is Brc1cccc(COC2CCC2)n1. The van der Waals surface area contributed by atoms with E-state index in [9.17, 15) is 0 Å². The minimum atomic E-state index is 0.487. The Balaban J connectivity index is 1.86. The van der Waals surface area contributed by atoms with Crippen LogP contribution < -0.4 is 0 Å². The highest BCUT2D eigenvalue weighted by molar-refractivity contribution is 9.10. The predicted octanol–water partition coefficient (Wildman–Crippen LogP) is 2.91. The summed E-state index contributed by atoms with van der Waals surface area (Å²) in [6.07, 6.45) is 4.24. The van der Waals surface area contributed by atoms with E-state index in [2.05, 4.69) is 20.9 Å². The molecule has 70 valence electrons. The van der Waals surface area contributed by atoms with E-state index in [1.807, 2.05) is 18.2 Å². The second kappa shape index (κ2) is 4.20. The van der Waals surface area contributed by atoms with Gasteiger partial charge >= 0.3 is 0 Å². The van der Waals surface area contributed by atoms with Crippen LogP contribution in [0.1, 0.15) is 25.0 Å². The molecule has 0 N–H and O–H groups in total. The Hall–Kier alpha value is -0.410. The third-order valence-corrected chi connectivity index (χ3v) is 2.73. The molecule has 2 nitrogen and oxygen atoms in total. The highest BCUT2D eigenvalue weighted by atomic mass is 79.9. The highest BCUT2D eigenvalue weighted by Gasteiger charge is 2.17. The number of nitrogens with zero attached hydrogens (tertiary/aromatic N) is 1. The number of hydrogen-bond acceptors (Lipinski definition) is 2. The minimum absolute atomic E-state index is 0.487. The summed E-state index contributed by atoms with van der Waals surface area (Å²) in [6, 6.07) is 5.90. The van der Waals surface area contributed by atoms with Crippen molar-refractivity contribution >= 4 is 15.9 Å². The van der Waals surface area contributed by atoms with Crippen molar-refractivity contribution in [3.63, 3.8) is 0 Å². The molecule has 1 saturated carbocycles. The Morgan fingerprint density at radius 2 is 2.31 bits per heavy atom. The van der Waals surface area contributed by atoms with Gasteiger partial charge in [-0.05, 0) is 47.3 Å². The zero-order valence-corrected chi connectivity index (χ0v) is 8.96. The first-order chi connectivity index (χ1) is 6.34. The van der Waals surface area contributed by atoms with Gasteiger partial charge in [-0.1, -0.05) is 6.07 Å². The number of hydrogen-bond donors (Lipinski definition) is 0. The van der Waals surface area contributed by atoms with E-state index < -0.39 is 0 Å². The Morgan fingerprint density at radius 1 is 1.46 bits per heavy atom. The van der Waals surface area contributed by atoms with Gasteiger partial charge in [0.05, 0.1) is 18.4 Å². The van der Waals surface area contributed by atoms with E-state index >= 15 is 0 Å². The molecule has 1 aliphatic rings. The van der Waals surface area contributed by atoms with Crippen LogP contribution in [0.3, 0.4) is 0 Å². The van der Waals surface area contributed by atoms with Gasteiger partial charge in [0.2, 0.25) is 0 Å². The molecule has 2 rings (SSSR count). The standard InChI is InChI=1S/C10H12BrNO/c11-10-6-1-3-8(12-10)7-13-9-4-2-5-9/h1,3,6,9H,2,4-5,7H2. The third kappa shape index (κ3) is 2.51. The summed E-state index contributed by atoms with van der Waals surface area (Å²) in [6.45, 7) is 0.643. The Kier molecular flexibility index (Phi) is 2.96. The van der Waals surface area contributed by atoms with Crippen molar-refractivity contribution in [1.29, 1.82) is 0 Å². The Bertz CT molecular complexity index is 286. The van der Waals surface area contributed by atoms with Crippen LogP contribution in [0.5, 0.6) is 0 Å². The van der Waals surface area contributed by atoms with Gasteiger partial charge in [-0.2, -0.15) is 0 Å². The Morgan fingerprint density at radius 3 is 2.92 bits per heavy atom. The van der Waals surface area contributed by atoms with E-state index in [1.54, 1.807) is 0 Å². The van der Waals surface area contributed by atoms with Crippen molar-refractivity contribution < 1.29 is 4.74 Å². The lowest BCUT2D eigenvalue weighted by Crippen LogP contribution is -2.21. The molecule has 1 aromatic heterocycles. The van der Waals surface area contributed by atoms with E-state index in [1.165, 1.54) is 19.3 Å². The highest BCUT2D eigenvalue weighted by Crippen LogP contribution is 2.22. The number of aromatic nitrogens is 1. The van der Waals surface area contributed by atoms with Gasteiger partial charge in [-0.3, -0.25) is 0 Å². The minimum Gasteiger partial charge on any atom is -0.372 e. The largest absolute Gasteiger partial charge is 0.372 e. The van der Waals surface area contributed by atoms with Gasteiger partial charge < -0.3 is 4.74 Å². The van der Waals surface area contributed by atoms with Gasteiger partial charge in [0.25, 0.3) is 0 Å². The van der Waals surface area contributed by atoms with Crippen LogP contribution in [0.2, 0.25) is 0 Å². The second-order valence-electron chi connectivity index (χ2n) is 3.32. The van der Waals surface area contributed by atoms with Crippen LogP contribution in [0, 0.1) is 0 Å². The van der Waals surface area contributed by atoms with Crippen molar-refractivity contribution in [1.82, 2.24) is 4.98 Å². The molecule has 0 aliphatic heterocycles. The summed E-state index contributed by atoms with van der Waals surface area (Å²) < 4.78 is 6.51. The molecule has 0 spiro atoms. The van der Waals surface area contributed by atoms with Gasteiger partial charge in [0, 0.05) is 0 Å². The van der Waals surface area contributed by atoms with E-state index in [4.69, 9.17) is 4.74 Å². The van der Waals surface area contributed by atoms with Crippen LogP contribution >= 0.6 is 15.9 Å². The van der Waals surface area contributed by atoms with Gasteiger partial charge in [0.15, 0.2) is 0 Å². The maximum atomic E-state index is 5.64. The zero-order valence-electron chi connectivity index (χ0n) is 7.37. The summed E-state index contributed by atoms with van der Waals surface area (Å²) in [7, 11) is 0. The molecule has 1 heterocycles. The number of ether oxygens (including phenoxy) is 1. The van der Waals surface area contributed by atoms with Crippen molar-refractivity contribution in [3.05, 3.63) is 28.5 Å². The molecule has 1 aromatic rings. The van der Waals surface area contributed by atoms with E-state index in [0.29, 0.717) is 12.7 Å². The molecule has 0 saturated heterocycles. The maximum Gasteiger partial charge on any atom is 0.106 e.